The number of alkyl carbamates (subject to hydrolysis) is 1. The monoisotopic (exact) mass is 229 g/mol. The maximum Gasteiger partial charge on any atom is 0.407 e. The fourth-order valence-corrected chi connectivity index (χ4v) is 0.864. The third-order valence-electron chi connectivity index (χ3n) is 1.45. The summed E-state index contributed by atoms with van der Waals surface area (Å²) in [5.74, 6) is -0.829. The Labute approximate surface area is 95.5 Å². The van der Waals surface area contributed by atoms with E-state index in [2.05, 4.69) is 5.32 Å². The standard InChI is InChI=1S/C11H19NO4/c1-11(2,3)16-10(15)12-8-6-4-5-7-9(13)14/h4,6H,5,7-8H2,1-3H3,(H,12,15)(H,13,14)/b6-4-. The molecule has 0 rings (SSSR count). The maximum absolute atomic E-state index is 11.1. The number of amides is 1. The van der Waals surface area contributed by atoms with Crippen molar-refractivity contribution in [2.24, 2.45) is 0 Å². The summed E-state index contributed by atoms with van der Waals surface area (Å²) >= 11 is 0. The SMILES string of the molecule is CC(C)(C)OC(=O)NC/C=C\CCC(=O)O. The van der Waals surface area contributed by atoms with Gasteiger partial charge in [0.1, 0.15) is 5.60 Å². The predicted octanol–water partition coefficient (Wildman–Crippen LogP) is 1.93. The second-order valence-electron chi connectivity index (χ2n) is 4.29. The van der Waals surface area contributed by atoms with Crippen molar-refractivity contribution >= 4 is 12.1 Å². The Morgan fingerprint density at radius 2 is 1.94 bits per heavy atom. The minimum atomic E-state index is -0.829. The molecule has 0 aromatic heterocycles. The molecule has 5 nitrogen and oxygen atoms in total. The quantitative estimate of drug-likeness (QED) is 0.706. The lowest BCUT2D eigenvalue weighted by atomic mass is 10.2. The average Bonchev–Trinajstić information content (AvgIpc) is 2.07. The van der Waals surface area contributed by atoms with Crippen LogP contribution in [0.2, 0.25) is 0 Å². The van der Waals surface area contributed by atoms with Gasteiger partial charge in [-0.25, -0.2) is 4.79 Å². The van der Waals surface area contributed by atoms with Gasteiger partial charge in [0.05, 0.1) is 0 Å². The molecule has 0 bridgehead atoms. The van der Waals surface area contributed by atoms with Crippen molar-refractivity contribution in [3.63, 3.8) is 0 Å². The van der Waals surface area contributed by atoms with Crippen LogP contribution >= 0.6 is 0 Å². The fraction of sp³-hybridized carbons (Fsp3) is 0.636. The van der Waals surface area contributed by atoms with Crippen LogP contribution in [0.25, 0.3) is 0 Å². The molecular weight excluding hydrogens is 210 g/mol. The smallest absolute Gasteiger partial charge is 0.407 e. The van der Waals surface area contributed by atoms with Crippen LogP contribution < -0.4 is 5.32 Å². The van der Waals surface area contributed by atoms with Crippen molar-refractivity contribution in [3.05, 3.63) is 12.2 Å². The van der Waals surface area contributed by atoms with E-state index >= 15 is 0 Å². The molecule has 0 aliphatic rings. The van der Waals surface area contributed by atoms with Gasteiger partial charge in [0.25, 0.3) is 0 Å². The first-order valence-corrected chi connectivity index (χ1v) is 5.15. The molecule has 0 aliphatic heterocycles. The van der Waals surface area contributed by atoms with E-state index in [0.717, 1.165) is 0 Å². The molecule has 0 saturated heterocycles. The predicted molar refractivity (Wildman–Crippen MR) is 60.2 cm³/mol. The van der Waals surface area contributed by atoms with E-state index in [0.29, 0.717) is 13.0 Å². The molecular formula is C11H19NO4. The largest absolute Gasteiger partial charge is 0.481 e. The van der Waals surface area contributed by atoms with Crippen molar-refractivity contribution in [1.29, 1.82) is 0 Å². The molecule has 1 amide bonds. The van der Waals surface area contributed by atoms with Crippen LogP contribution in [-0.4, -0.2) is 29.3 Å². The number of nitrogens with one attached hydrogen (secondary N) is 1. The Balaban J connectivity index is 3.58. The number of hydrogen-bond acceptors (Lipinski definition) is 3. The highest BCUT2D eigenvalue weighted by molar-refractivity contribution is 5.68. The molecule has 0 unspecified atom stereocenters. The Kier molecular flexibility index (Phi) is 6.22. The molecule has 5 heteroatoms. The summed E-state index contributed by atoms with van der Waals surface area (Å²) in [5.41, 5.74) is -0.503. The normalized spacial score (nSPS) is 11.4. The summed E-state index contributed by atoms with van der Waals surface area (Å²) in [6.07, 6.45) is 3.50. The highest BCUT2D eigenvalue weighted by atomic mass is 16.6. The first kappa shape index (κ1) is 14.5. The van der Waals surface area contributed by atoms with E-state index in [1.54, 1.807) is 32.9 Å². The first-order chi connectivity index (χ1) is 7.31. The van der Waals surface area contributed by atoms with Crippen LogP contribution in [0.3, 0.4) is 0 Å². The zero-order valence-corrected chi connectivity index (χ0v) is 9.95. The minimum absolute atomic E-state index is 0.100. The number of aliphatic carboxylic acids is 1. The van der Waals surface area contributed by atoms with Gasteiger partial charge in [0.15, 0.2) is 0 Å². The van der Waals surface area contributed by atoms with Crippen LogP contribution in [0, 0.1) is 0 Å². The number of carbonyl (C=O) groups excluding carboxylic acids is 1. The van der Waals surface area contributed by atoms with Crippen molar-refractivity contribution in [1.82, 2.24) is 5.32 Å². The average molecular weight is 229 g/mol. The second-order valence-corrected chi connectivity index (χ2v) is 4.29. The summed E-state index contributed by atoms with van der Waals surface area (Å²) in [5, 5.41) is 10.9. The zero-order chi connectivity index (χ0) is 12.6. The molecule has 0 saturated carbocycles. The van der Waals surface area contributed by atoms with E-state index in [4.69, 9.17) is 9.84 Å². The Morgan fingerprint density at radius 1 is 1.31 bits per heavy atom. The van der Waals surface area contributed by atoms with Crippen LogP contribution in [0.1, 0.15) is 33.6 Å². The van der Waals surface area contributed by atoms with Crippen LogP contribution in [0.5, 0.6) is 0 Å². The van der Waals surface area contributed by atoms with Crippen molar-refractivity contribution < 1.29 is 19.4 Å². The molecule has 0 radical (unpaired) electrons. The van der Waals surface area contributed by atoms with Crippen molar-refractivity contribution in [2.45, 2.75) is 39.2 Å². The summed E-state index contributed by atoms with van der Waals surface area (Å²) in [6, 6.07) is 0. The summed E-state index contributed by atoms with van der Waals surface area (Å²) in [4.78, 5) is 21.3. The van der Waals surface area contributed by atoms with Crippen LogP contribution in [0.15, 0.2) is 12.2 Å². The van der Waals surface area contributed by atoms with E-state index in [1.807, 2.05) is 0 Å². The number of carboxylic acids is 1. The second kappa shape index (κ2) is 6.87. The zero-order valence-electron chi connectivity index (χ0n) is 9.95. The summed E-state index contributed by atoms with van der Waals surface area (Å²) in [6.45, 7) is 5.70. The van der Waals surface area contributed by atoms with Gasteiger partial charge in [-0.2, -0.15) is 0 Å². The number of hydrogen-bond donors (Lipinski definition) is 2. The highest BCUT2D eigenvalue weighted by Gasteiger charge is 2.14. The molecule has 0 spiro atoms. The van der Waals surface area contributed by atoms with E-state index < -0.39 is 17.7 Å². The molecule has 0 aliphatic carbocycles. The Morgan fingerprint density at radius 3 is 2.44 bits per heavy atom. The van der Waals surface area contributed by atoms with Crippen molar-refractivity contribution in [2.75, 3.05) is 6.54 Å². The third kappa shape index (κ3) is 10.6. The Hall–Kier alpha value is -1.52. The van der Waals surface area contributed by atoms with Crippen molar-refractivity contribution in [3.8, 4) is 0 Å². The summed E-state index contributed by atoms with van der Waals surface area (Å²) < 4.78 is 5.00. The number of ether oxygens (including phenoxy) is 1. The van der Waals surface area contributed by atoms with E-state index in [1.165, 1.54) is 0 Å². The van der Waals surface area contributed by atoms with Crippen LogP contribution in [0.4, 0.5) is 4.79 Å². The number of rotatable bonds is 5. The van der Waals surface area contributed by atoms with Gasteiger partial charge >= 0.3 is 12.1 Å². The molecule has 16 heavy (non-hydrogen) atoms. The fourth-order valence-electron chi connectivity index (χ4n) is 0.864. The van der Waals surface area contributed by atoms with E-state index in [-0.39, 0.29) is 6.42 Å². The van der Waals surface area contributed by atoms with E-state index in [9.17, 15) is 9.59 Å². The van der Waals surface area contributed by atoms with Gasteiger partial charge < -0.3 is 15.2 Å². The number of carboxylic acid groups (broad SMARTS) is 1. The van der Waals surface area contributed by atoms with Gasteiger partial charge in [-0.15, -0.1) is 0 Å². The maximum atomic E-state index is 11.1. The molecule has 0 aromatic carbocycles. The number of carbonyl (C=O) groups is 2. The Bertz CT molecular complexity index is 266. The first-order valence-electron chi connectivity index (χ1n) is 5.15. The molecule has 0 fully saturated rings. The highest BCUT2D eigenvalue weighted by Crippen LogP contribution is 2.06. The third-order valence-corrected chi connectivity index (χ3v) is 1.45. The number of allylic oxidation sites excluding steroid dienone is 1. The minimum Gasteiger partial charge on any atom is -0.481 e. The summed E-state index contributed by atoms with van der Waals surface area (Å²) in [7, 11) is 0. The lowest BCUT2D eigenvalue weighted by Gasteiger charge is -2.19. The van der Waals surface area contributed by atoms with Crippen LogP contribution in [-0.2, 0) is 9.53 Å². The van der Waals surface area contributed by atoms with Gasteiger partial charge in [-0.1, -0.05) is 12.2 Å². The van der Waals surface area contributed by atoms with Gasteiger partial charge in [-0.3, -0.25) is 4.79 Å². The van der Waals surface area contributed by atoms with Gasteiger partial charge in [-0.05, 0) is 27.2 Å². The molecule has 2 N–H and O–H groups in total. The lowest BCUT2D eigenvalue weighted by Crippen LogP contribution is -2.32. The molecule has 0 atom stereocenters. The topological polar surface area (TPSA) is 75.6 Å². The molecule has 92 valence electrons. The van der Waals surface area contributed by atoms with Gasteiger partial charge in [0.2, 0.25) is 0 Å². The molecule has 0 aromatic rings. The molecule has 0 heterocycles. The van der Waals surface area contributed by atoms with Gasteiger partial charge in [0, 0.05) is 13.0 Å². The lowest BCUT2D eigenvalue weighted by molar-refractivity contribution is -0.136.